The van der Waals surface area contributed by atoms with Crippen LogP contribution in [0.3, 0.4) is 0 Å². The van der Waals surface area contributed by atoms with Crippen molar-refractivity contribution in [1.29, 1.82) is 0 Å². The van der Waals surface area contributed by atoms with Gasteiger partial charge in [0.2, 0.25) is 0 Å². The van der Waals surface area contributed by atoms with Gasteiger partial charge in [0.15, 0.2) is 0 Å². The highest BCUT2D eigenvalue weighted by molar-refractivity contribution is 6.34. The first-order valence-corrected chi connectivity index (χ1v) is 13.3. The van der Waals surface area contributed by atoms with Gasteiger partial charge in [-0.05, 0) is 62.6 Å². The van der Waals surface area contributed by atoms with E-state index in [1.807, 2.05) is 0 Å². The van der Waals surface area contributed by atoms with Gasteiger partial charge in [0, 0.05) is 24.7 Å². The van der Waals surface area contributed by atoms with Gasteiger partial charge in [-0.2, -0.15) is 13.2 Å². The molecule has 38 heavy (non-hydrogen) atoms. The number of nitrogens with zero attached hydrogens (tertiary/aromatic N) is 1. The Balaban J connectivity index is 1.19. The number of ether oxygens (including phenoxy) is 1. The zero-order valence-corrected chi connectivity index (χ0v) is 21.7. The van der Waals surface area contributed by atoms with E-state index in [0.29, 0.717) is 35.8 Å². The van der Waals surface area contributed by atoms with E-state index in [4.69, 9.17) is 16.3 Å². The smallest absolute Gasteiger partial charge is 0.430 e. The minimum atomic E-state index is -5.13. The van der Waals surface area contributed by atoms with Crippen molar-refractivity contribution in [3.63, 3.8) is 0 Å². The van der Waals surface area contributed by atoms with Crippen LogP contribution in [0.5, 0.6) is 5.75 Å². The summed E-state index contributed by atoms with van der Waals surface area (Å²) in [5, 5.41) is 13.8. The number of carbonyl (C=O) groups excluding carboxylic acids is 2. The Labute approximate surface area is 225 Å². The minimum absolute atomic E-state index is 0.171. The molecule has 0 aromatic heterocycles. The van der Waals surface area contributed by atoms with Crippen molar-refractivity contribution in [2.45, 2.75) is 62.8 Å². The van der Waals surface area contributed by atoms with E-state index in [1.54, 1.807) is 18.2 Å². The van der Waals surface area contributed by atoms with E-state index in [-0.39, 0.29) is 31.0 Å². The molecular formula is C28H32ClF3N2O4. The van der Waals surface area contributed by atoms with E-state index >= 15 is 0 Å². The van der Waals surface area contributed by atoms with Gasteiger partial charge in [0.25, 0.3) is 17.4 Å². The zero-order chi connectivity index (χ0) is 27.3. The van der Waals surface area contributed by atoms with Crippen molar-refractivity contribution in [2.75, 3.05) is 19.7 Å². The number of carbonyl (C=O) groups is 2. The van der Waals surface area contributed by atoms with Gasteiger partial charge in [-0.1, -0.05) is 48.4 Å². The van der Waals surface area contributed by atoms with Crippen LogP contribution >= 0.6 is 11.6 Å². The molecule has 1 aliphatic heterocycles. The number of halogens is 4. The number of aliphatic hydroxyl groups is 1. The molecule has 1 heterocycles. The molecule has 2 aromatic rings. The molecule has 1 saturated heterocycles. The van der Waals surface area contributed by atoms with Crippen LogP contribution in [-0.2, 0) is 10.4 Å². The lowest BCUT2D eigenvalue weighted by molar-refractivity contribution is -0.262. The quantitative estimate of drug-likeness (QED) is 0.383. The molecule has 206 valence electrons. The van der Waals surface area contributed by atoms with Crippen LogP contribution in [0.4, 0.5) is 13.2 Å². The van der Waals surface area contributed by atoms with Gasteiger partial charge in [-0.25, -0.2) is 0 Å². The summed E-state index contributed by atoms with van der Waals surface area (Å²) in [7, 11) is 0. The third-order valence-corrected chi connectivity index (χ3v) is 7.50. The minimum Gasteiger partial charge on any atom is -0.494 e. The molecule has 2 aromatic carbocycles. The summed E-state index contributed by atoms with van der Waals surface area (Å²) in [6, 6.07) is 11.8. The molecule has 2 aliphatic rings. The van der Waals surface area contributed by atoms with Crippen molar-refractivity contribution in [2.24, 2.45) is 5.92 Å². The number of amides is 2. The van der Waals surface area contributed by atoms with E-state index in [2.05, 4.69) is 5.32 Å². The van der Waals surface area contributed by atoms with Gasteiger partial charge >= 0.3 is 6.18 Å². The number of unbranched alkanes of at least 4 members (excludes halogenated alkanes) is 1. The highest BCUT2D eigenvalue weighted by Crippen LogP contribution is 2.41. The SMILES string of the molecule is O=C(NC1CC1)c1ccc(OCCCCC2CCN(C(=O)C(O)(c3ccccc3)C(F)(F)F)CC2)cc1Cl. The molecule has 4 rings (SSSR count). The number of nitrogens with one attached hydrogen (secondary N) is 1. The Bertz CT molecular complexity index is 1120. The fraction of sp³-hybridized carbons (Fsp3) is 0.500. The monoisotopic (exact) mass is 552 g/mol. The van der Waals surface area contributed by atoms with Crippen molar-refractivity contribution >= 4 is 23.4 Å². The summed E-state index contributed by atoms with van der Waals surface area (Å²) in [6.45, 7) is 0.811. The number of likely N-dealkylation sites (tertiary alicyclic amines) is 1. The average molecular weight is 553 g/mol. The van der Waals surface area contributed by atoms with Crippen LogP contribution in [0.2, 0.25) is 5.02 Å². The average Bonchev–Trinajstić information content (AvgIpc) is 3.72. The van der Waals surface area contributed by atoms with Gasteiger partial charge in [0.1, 0.15) is 5.75 Å². The van der Waals surface area contributed by atoms with Crippen molar-refractivity contribution in [3.05, 3.63) is 64.7 Å². The maximum Gasteiger partial charge on any atom is 0.430 e. The standard InChI is InChI=1S/C28H32ClF3N2O4/c29-24-18-22(11-12-23(24)25(35)33-21-9-10-21)38-17-5-4-6-19-13-15-34(16-14-19)26(36)27(37,28(30,31)32)20-7-2-1-3-8-20/h1-3,7-8,11-12,18-19,21,37H,4-6,9-10,13-17H2,(H,33,35). The largest absolute Gasteiger partial charge is 0.494 e. The predicted octanol–water partition coefficient (Wildman–Crippen LogP) is 5.47. The summed E-state index contributed by atoms with van der Waals surface area (Å²) in [5.74, 6) is -0.633. The third kappa shape index (κ3) is 6.61. The van der Waals surface area contributed by atoms with E-state index in [0.717, 1.165) is 49.1 Å². The van der Waals surface area contributed by atoms with Gasteiger partial charge in [-0.15, -0.1) is 0 Å². The van der Waals surface area contributed by atoms with E-state index in [1.165, 1.54) is 18.2 Å². The Morgan fingerprint density at radius 1 is 1.03 bits per heavy atom. The Hall–Kier alpha value is -2.78. The second kappa shape index (κ2) is 11.9. The highest BCUT2D eigenvalue weighted by Gasteiger charge is 2.62. The van der Waals surface area contributed by atoms with Crippen molar-refractivity contribution in [3.8, 4) is 5.75 Å². The Morgan fingerprint density at radius 2 is 1.71 bits per heavy atom. The lowest BCUT2D eigenvalue weighted by atomic mass is 9.88. The second-order valence-corrected chi connectivity index (χ2v) is 10.5. The molecule has 1 atom stereocenters. The molecule has 2 fully saturated rings. The van der Waals surface area contributed by atoms with Crippen molar-refractivity contribution < 1.29 is 32.6 Å². The molecule has 1 aliphatic carbocycles. The summed E-state index contributed by atoms with van der Waals surface area (Å²) in [5.41, 5.74) is -3.61. The van der Waals surface area contributed by atoms with Crippen LogP contribution in [0.15, 0.2) is 48.5 Å². The van der Waals surface area contributed by atoms with Crippen LogP contribution in [0.1, 0.15) is 60.9 Å². The molecule has 1 saturated carbocycles. The number of rotatable bonds is 10. The molecular weight excluding hydrogens is 521 g/mol. The van der Waals surface area contributed by atoms with Gasteiger partial charge in [0.05, 0.1) is 17.2 Å². The number of alkyl halides is 3. The second-order valence-electron chi connectivity index (χ2n) is 10.0. The molecule has 2 amide bonds. The molecule has 0 bridgehead atoms. The zero-order valence-electron chi connectivity index (χ0n) is 21.0. The molecule has 10 heteroatoms. The Kier molecular flexibility index (Phi) is 8.88. The fourth-order valence-corrected chi connectivity index (χ4v) is 4.98. The van der Waals surface area contributed by atoms with Gasteiger partial charge in [-0.3, -0.25) is 9.59 Å². The molecule has 2 N–H and O–H groups in total. The van der Waals surface area contributed by atoms with Crippen LogP contribution in [-0.4, -0.2) is 53.7 Å². The first-order chi connectivity index (χ1) is 18.1. The third-order valence-electron chi connectivity index (χ3n) is 7.19. The maximum atomic E-state index is 13.8. The lowest BCUT2D eigenvalue weighted by Crippen LogP contribution is -2.57. The summed E-state index contributed by atoms with van der Waals surface area (Å²) < 4.78 is 47.2. The predicted molar refractivity (Wildman–Crippen MR) is 137 cm³/mol. The Morgan fingerprint density at radius 3 is 2.32 bits per heavy atom. The summed E-state index contributed by atoms with van der Waals surface area (Å²) >= 11 is 6.24. The number of benzene rings is 2. The normalized spacial score (nSPS) is 18.1. The van der Waals surface area contributed by atoms with E-state index in [9.17, 15) is 27.9 Å². The summed E-state index contributed by atoms with van der Waals surface area (Å²) in [6.07, 6.45) is 0.539. The number of piperidine rings is 1. The molecule has 0 spiro atoms. The van der Waals surface area contributed by atoms with Gasteiger partial charge < -0.3 is 20.1 Å². The molecule has 0 radical (unpaired) electrons. The lowest BCUT2D eigenvalue weighted by Gasteiger charge is -2.38. The first-order valence-electron chi connectivity index (χ1n) is 13.0. The molecule has 6 nitrogen and oxygen atoms in total. The maximum absolute atomic E-state index is 13.8. The number of hydrogen-bond acceptors (Lipinski definition) is 4. The van der Waals surface area contributed by atoms with E-state index < -0.39 is 23.2 Å². The van der Waals surface area contributed by atoms with Crippen molar-refractivity contribution in [1.82, 2.24) is 10.2 Å². The van der Waals surface area contributed by atoms with Crippen LogP contribution in [0, 0.1) is 5.92 Å². The summed E-state index contributed by atoms with van der Waals surface area (Å²) in [4.78, 5) is 26.1. The number of hydrogen-bond donors (Lipinski definition) is 2. The fourth-order valence-electron chi connectivity index (χ4n) is 4.73. The molecule has 1 unspecified atom stereocenters. The van der Waals surface area contributed by atoms with Crippen LogP contribution < -0.4 is 10.1 Å². The van der Waals surface area contributed by atoms with Crippen LogP contribution in [0.25, 0.3) is 0 Å². The highest BCUT2D eigenvalue weighted by atomic mass is 35.5. The topological polar surface area (TPSA) is 78.9 Å². The first kappa shape index (κ1) is 28.2.